The average Bonchev–Trinajstić information content (AvgIpc) is 2.79. The number of aliphatic imine (C=N–C) groups is 1. The fourth-order valence-electron chi connectivity index (χ4n) is 3.16. The maximum absolute atomic E-state index is 5.04. The van der Waals surface area contributed by atoms with Gasteiger partial charge in [-0.05, 0) is 37.7 Å². The second-order valence-electron chi connectivity index (χ2n) is 6.05. The van der Waals surface area contributed by atoms with Gasteiger partial charge in [-0.25, -0.2) is 0 Å². The first-order valence-corrected chi connectivity index (χ1v) is 9.89. The molecule has 0 unspecified atom stereocenters. The van der Waals surface area contributed by atoms with Crippen LogP contribution in [0.2, 0.25) is 0 Å². The first-order valence-electron chi connectivity index (χ1n) is 8.90. The lowest BCUT2D eigenvalue weighted by Crippen LogP contribution is -2.24. The molecule has 1 aliphatic heterocycles. The molecular formula is C21H26N2S. The Hall–Kier alpha value is -1.58. The van der Waals surface area contributed by atoms with Gasteiger partial charge in [-0.2, -0.15) is 0 Å². The van der Waals surface area contributed by atoms with Crippen LogP contribution in [0.15, 0.2) is 58.4 Å². The molecule has 0 saturated heterocycles. The quantitative estimate of drug-likeness (QED) is 0.699. The molecule has 0 aliphatic carbocycles. The smallest absolute Gasteiger partial charge is 0.0733 e. The van der Waals surface area contributed by atoms with E-state index < -0.39 is 0 Å². The van der Waals surface area contributed by atoms with Gasteiger partial charge in [-0.1, -0.05) is 56.3 Å². The molecule has 126 valence electrons. The van der Waals surface area contributed by atoms with Crippen molar-refractivity contribution in [3.8, 4) is 0 Å². The van der Waals surface area contributed by atoms with Crippen LogP contribution in [0.3, 0.4) is 0 Å². The van der Waals surface area contributed by atoms with E-state index in [1.165, 1.54) is 27.3 Å². The van der Waals surface area contributed by atoms with Crippen molar-refractivity contribution in [2.24, 2.45) is 4.99 Å². The summed E-state index contributed by atoms with van der Waals surface area (Å²) in [4.78, 5) is 8.85. The molecule has 0 fully saturated rings. The highest BCUT2D eigenvalue weighted by molar-refractivity contribution is 7.98. The topological polar surface area (TPSA) is 15.6 Å². The number of thioether (sulfide) groups is 1. The Morgan fingerprint density at radius 2 is 1.67 bits per heavy atom. The molecule has 3 heteroatoms. The van der Waals surface area contributed by atoms with Crippen molar-refractivity contribution >= 4 is 17.5 Å². The van der Waals surface area contributed by atoms with Crippen molar-refractivity contribution in [1.82, 2.24) is 4.90 Å². The van der Waals surface area contributed by atoms with Crippen LogP contribution in [0.4, 0.5) is 0 Å². The Kier molecular flexibility index (Phi) is 6.11. The molecule has 0 radical (unpaired) electrons. The van der Waals surface area contributed by atoms with Crippen molar-refractivity contribution in [2.75, 3.05) is 26.2 Å². The summed E-state index contributed by atoms with van der Waals surface area (Å²) in [5.74, 6) is 1.02. The van der Waals surface area contributed by atoms with Gasteiger partial charge in [0.1, 0.15) is 0 Å². The molecule has 1 heterocycles. The third-order valence-corrected chi connectivity index (χ3v) is 5.72. The second-order valence-corrected chi connectivity index (χ2v) is 7.07. The van der Waals surface area contributed by atoms with Gasteiger partial charge in [-0.15, -0.1) is 11.8 Å². The van der Waals surface area contributed by atoms with Gasteiger partial charge in [0.15, 0.2) is 0 Å². The molecule has 0 saturated carbocycles. The van der Waals surface area contributed by atoms with E-state index in [2.05, 4.69) is 67.3 Å². The first-order chi connectivity index (χ1) is 11.8. The molecule has 2 aromatic carbocycles. The standard InChI is InChI=1S/C21H26N2S/c1-3-23(4-2)15-9-14-22-21-18-11-6-5-10-17(18)16-24-20-13-8-7-12-19(20)21/h5-8,10-13H,3-4,9,14-16H2,1-2H3. The van der Waals surface area contributed by atoms with Gasteiger partial charge in [0.2, 0.25) is 0 Å². The Morgan fingerprint density at radius 3 is 2.46 bits per heavy atom. The molecule has 2 aromatic rings. The Morgan fingerprint density at radius 1 is 0.958 bits per heavy atom. The summed E-state index contributed by atoms with van der Waals surface area (Å²) in [6.07, 6.45) is 1.11. The van der Waals surface area contributed by atoms with Crippen LogP contribution in [0.1, 0.15) is 37.0 Å². The number of fused-ring (bicyclic) bond motifs is 2. The van der Waals surface area contributed by atoms with E-state index in [9.17, 15) is 0 Å². The van der Waals surface area contributed by atoms with Crippen molar-refractivity contribution in [2.45, 2.75) is 30.9 Å². The largest absolute Gasteiger partial charge is 0.304 e. The molecule has 0 spiro atoms. The normalized spacial score (nSPS) is 15.2. The van der Waals surface area contributed by atoms with Gasteiger partial charge < -0.3 is 4.90 Å². The minimum absolute atomic E-state index is 0.888. The highest BCUT2D eigenvalue weighted by atomic mass is 32.2. The van der Waals surface area contributed by atoms with E-state index in [1.807, 2.05) is 11.8 Å². The van der Waals surface area contributed by atoms with E-state index in [0.29, 0.717) is 0 Å². The lowest BCUT2D eigenvalue weighted by molar-refractivity contribution is 0.302. The van der Waals surface area contributed by atoms with Crippen LogP contribution in [-0.4, -0.2) is 36.8 Å². The van der Waals surface area contributed by atoms with E-state index in [4.69, 9.17) is 4.99 Å². The summed E-state index contributed by atoms with van der Waals surface area (Å²) >= 11 is 1.92. The number of nitrogens with zero attached hydrogens (tertiary/aromatic N) is 2. The molecule has 1 aliphatic rings. The maximum Gasteiger partial charge on any atom is 0.0733 e. The molecule has 0 aromatic heterocycles. The van der Waals surface area contributed by atoms with E-state index in [-0.39, 0.29) is 0 Å². The number of hydrogen-bond acceptors (Lipinski definition) is 3. The molecule has 24 heavy (non-hydrogen) atoms. The fraction of sp³-hybridized carbons (Fsp3) is 0.381. The second kappa shape index (κ2) is 8.50. The molecule has 0 amide bonds. The predicted molar refractivity (Wildman–Crippen MR) is 105 cm³/mol. The third kappa shape index (κ3) is 3.90. The molecule has 3 rings (SSSR count). The highest BCUT2D eigenvalue weighted by Gasteiger charge is 2.18. The predicted octanol–water partition coefficient (Wildman–Crippen LogP) is 4.86. The Balaban J connectivity index is 1.86. The average molecular weight is 339 g/mol. The Labute approximate surface area is 150 Å². The van der Waals surface area contributed by atoms with Gasteiger partial charge in [0.05, 0.1) is 5.71 Å². The van der Waals surface area contributed by atoms with Crippen molar-refractivity contribution < 1.29 is 0 Å². The van der Waals surface area contributed by atoms with Crippen LogP contribution in [0, 0.1) is 0 Å². The zero-order chi connectivity index (χ0) is 16.8. The van der Waals surface area contributed by atoms with Crippen LogP contribution in [-0.2, 0) is 5.75 Å². The zero-order valence-electron chi connectivity index (χ0n) is 14.7. The van der Waals surface area contributed by atoms with Gasteiger partial charge in [0, 0.05) is 28.3 Å². The zero-order valence-corrected chi connectivity index (χ0v) is 15.5. The minimum Gasteiger partial charge on any atom is -0.304 e. The third-order valence-electron chi connectivity index (χ3n) is 4.59. The summed E-state index contributed by atoms with van der Waals surface area (Å²) in [6.45, 7) is 8.71. The van der Waals surface area contributed by atoms with Crippen LogP contribution >= 0.6 is 11.8 Å². The van der Waals surface area contributed by atoms with E-state index in [1.54, 1.807) is 0 Å². The summed E-state index contributed by atoms with van der Waals surface area (Å²) in [5.41, 5.74) is 5.15. The van der Waals surface area contributed by atoms with Gasteiger partial charge >= 0.3 is 0 Å². The number of rotatable bonds is 6. The molecular weight excluding hydrogens is 312 g/mol. The summed E-state index contributed by atoms with van der Waals surface area (Å²) in [6, 6.07) is 17.4. The number of hydrogen-bond donors (Lipinski definition) is 0. The van der Waals surface area contributed by atoms with Gasteiger partial charge in [0.25, 0.3) is 0 Å². The van der Waals surface area contributed by atoms with E-state index >= 15 is 0 Å². The first kappa shape index (κ1) is 17.2. The minimum atomic E-state index is 0.888. The Bertz CT molecular complexity index is 655. The molecule has 0 N–H and O–H groups in total. The van der Waals surface area contributed by atoms with E-state index in [0.717, 1.165) is 38.4 Å². The SMILES string of the molecule is CCN(CC)CCCN=C1c2ccccc2CSc2ccccc21. The van der Waals surface area contributed by atoms with Crippen molar-refractivity contribution in [3.63, 3.8) is 0 Å². The van der Waals surface area contributed by atoms with Crippen molar-refractivity contribution in [3.05, 3.63) is 65.2 Å². The summed E-state index contributed by atoms with van der Waals surface area (Å²) in [5, 5.41) is 0. The lowest BCUT2D eigenvalue weighted by Gasteiger charge is -2.17. The van der Waals surface area contributed by atoms with Crippen LogP contribution in [0.25, 0.3) is 0 Å². The molecule has 0 atom stereocenters. The van der Waals surface area contributed by atoms with Crippen LogP contribution < -0.4 is 0 Å². The highest BCUT2D eigenvalue weighted by Crippen LogP contribution is 2.33. The monoisotopic (exact) mass is 338 g/mol. The van der Waals surface area contributed by atoms with Gasteiger partial charge in [-0.3, -0.25) is 4.99 Å². The summed E-state index contributed by atoms with van der Waals surface area (Å²) < 4.78 is 0. The molecule has 2 nitrogen and oxygen atoms in total. The fourth-order valence-corrected chi connectivity index (χ4v) is 4.22. The molecule has 0 bridgehead atoms. The summed E-state index contributed by atoms with van der Waals surface area (Å²) in [7, 11) is 0. The van der Waals surface area contributed by atoms with Crippen LogP contribution in [0.5, 0.6) is 0 Å². The lowest BCUT2D eigenvalue weighted by atomic mass is 9.98. The number of benzene rings is 2. The van der Waals surface area contributed by atoms with Crippen molar-refractivity contribution in [1.29, 1.82) is 0 Å². The maximum atomic E-state index is 5.04.